The summed E-state index contributed by atoms with van der Waals surface area (Å²) in [6.07, 6.45) is 0. The average molecular weight is 211 g/mol. The maximum atomic E-state index is 12.9. The van der Waals surface area contributed by atoms with Crippen LogP contribution in [0.25, 0.3) is 0 Å². The van der Waals surface area contributed by atoms with E-state index in [1.165, 1.54) is 7.11 Å². The van der Waals surface area contributed by atoms with Gasteiger partial charge >= 0.3 is 5.97 Å². The van der Waals surface area contributed by atoms with Gasteiger partial charge in [-0.2, -0.15) is 5.26 Å². The van der Waals surface area contributed by atoms with E-state index < -0.39 is 11.8 Å². The minimum atomic E-state index is -0.717. The summed E-state index contributed by atoms with van der Waals surface area (Å²) < 4.78 is 17.3. The number of rotatable bonds is 1. The van der Waals surface area contributed by atoms with Gasteiger partial charge in [0.05, 0.1) is 18.2 Å². The average Bonchev–Trinajstić information content (AvgIpc) is 2.19. The number of hydrogen-bond acceptors (Lipinski definition) is 4. The highest BCUT2D eigenvalue weighted by Crippen LogP contribution is 2.21. The van der Waals surface area contributed by atoms with Crippen LogP contribution in [-0.2, 0) is 4.74 Å². The van der Waals surface area contributed by atoms with Crippen molar-refractivity contribution in [1.82, 2.24) is 0 Å². The Bertz CT molecular complexity index is 426. The van der Waals surface area contributed by atoms with Gasteiger partial charge in [0, 0.05) is 4.90 Å². The number of thiol groups is 1. The highest BCUT2D eigenvalue weighted by atomic mass is 32.1. The molecule has 1 aromatic rings. The maximum Gasteiger partial charge on any atom is 0.339 e. The van der Waals surface area contributed by atoms with Crippen molar-refractivity contribution in [3.05, 3.63) is 29.1 Å². The summed E-state index contributed by atoms with van der Waals surface area (Å²) >= 11 is 3.94. The number of hydrogen-bond donors (Lipinski definition) is 1. The number of benzene rings is 1. The zero-order chi connectivity index (χ0) is 10.7. The first kappa shape index (κ1) is 10.5. The van der Waals surface area contributed by atoms with E-state index in [2.05, 4.69) is 17.4 Å². The fourth-order valence-corrected chi connectivity index (χ4v) is 1.22. The van der Waals surface area contributed by atoms with E-state index in [1.54, 1.807) is 6.07 Å². The third-order valence-electron chi connectivity index (χ3n) is 1.60. The van der Waals surface area contributed by atoms with Crippen LogP contribution in [0.5, 0.6) is 0 Å². The number of nitriles is 1. The van der Waals surface area contributed by atoms with E-state index in [4.69, 9.17) is 5.26 Å². The van der Waals surface area contributed by atoms with Gasteiger partial charge in [-0.1, -0.05) is 0 Å². The van der Waals surface area contributed by atoms with Gasteiger partial charge in [-0.15, -0.1) is 12.6 Å². The van der Waals surface area contributed by atoms with Crippen LogP contribution in [0.15, 0.2) is 17.0 Å². The zero-order valence-electron chi connectivity index (χ0n) is 7.24. The fraction of sp³-hybridized carbons (Fsp3) is 0.111. The van der Waals surface area contributed by atoms with Crippen LogP contribution in [0.4, 0.5) is 4.39 Å². The first-order valence-electron chi connectivity index (χ1n) is 3.61. The number of halogens is 1. The summed E-state index contributed by atoms with van der Waals surface area (Å²) in [4.78, 5) is 11.2. The molecule has 0 heterocycles. The van der Waals surface area contributed by atoms with Crippen molar-refractivity contribution in [3.63, 3.8) is 0 Å². The SMILES string of the molecule is COC(=O)c1cc(F)cc(C#N)c1S. The number of carbonyl (C=O) groups excluding carboxylic acids is 1. The maximum absolute atomic E-state index is 12.9. The Morgan fingerprint density at radius 1 is 1.64 bits per heavy atom. The van der Waals surface area contributed by atoms with Crippen molar-refractivity contribution < 1.29 is 13.9 Å². The van der Waals surface area contributed by atoms with Crippen LogP contribution < -0.4 is 0 Å². The highest BCUT2D eigenvalue weighted by molar-refractivity contribution is 7.80. The highest BCUT2D eigenvalue weighted by Gasteiger charge is 2.14. The summed E-state index contributed by atoms with van der Waals surface area (Å²) in [6.45, 7) is 0. The first-order valence-corrected chi connectivity index (χ1v) is 4.05. The molecule has 0 unspecified atom stereocenters. The molecule has 0 atom stereocenters. The number of nitrogens with zero attached hydrogens (tertiary/aromatic N) is 1. The second-order valence-electron chi connectivity index (χ2n) is 2.45. The molecule has 1 rings (SSSR count). The van der Waals surface area contributed by atoms with Crippen LogP contribution in [-0.4, -0.2) is 13.1 Å². The Balaban J connectivity index is 3.38. The van der Waals surface area contributed by atoms with E-state index in [0.29, 0.717) is 0 Å². The lowest BCUT2D eigenvalue weighted by Gasteiger charge is -2.04. The van der Waals surface area contributed by atoms with Gasteiger partial charge in [0.15, 0.2) is 0 Å². The predicted octanol–water partition coefficient (Wildman–Crippen LogP) is 1.77. The monoisotopic (exact) mass is 211 g/mol. The molecule has 0 aromatic heterocycles. The molecule has 0 saturated carbocycles. The Morgan fingerprint density at radius 2 is 2.29 bits per heavy atom. The van der Waals surface area contributed by atoms with Crippen molar-refractivity contribution in [1.29, 1.82) is 5.26 Å². The van der Waals surface area contributed by atoms with E-state index >= 15 is 0 Å². The first-order chi connectivity index (χ1) is 6.60. The summed E-state index contributed by atoms with van der Waals surface area (Å²) in [6, 6.07) is 3.72. The molecule has 0 bridgehead atoms. The molecule has 0 fully saturated rings. The van der Waals surface area contributed by atoms with Crippen molar-refractivity contribution in [2.45, 2.75) is 4.90 Å². The van der Waals surface area contributed by atoms with Crippen LogP contribution in [0, 0.1) is 17.1 Å². The lowest BCUT2D eigenvalue weighted by atomic mass is 10.1. The summed E-state index contributed by atoms with van der Waals surface area (Å²) in [5.74, 6) is -1.38. The van der Waals surface area contributed by atoms with Crippen molar-refractivity contribution in [3.8, 4) is 6.07 Å². The molecule has 5 heteroatoms. The molecule has 0 aliphatic heterocycles. The van der Waals surface area contributed by atoms with Gasteiger partial charge in [0.2, 0.25) is 0 Å². The lowest BCUT2D eigenvalue weighted by Crippen LogP contribution is -2.04. The molecule has 0 aliphatic rings. The van der Waals surface area contributed by atoms with Crippen LogP contribution in [0.1, 0.15) is 15.9 Å². The van der Waals surface area contributed by atoms with Crippen LogP contribution in [0.2, 0.25) is 0 Å². The molecular formula is C9H6FNO2S. The van der Waals surface area contributed by atoms with Gasteiger partial charge in [0.25, 0.3) is 0 Å². The second-order valence-corrected chi connectivity index (χ2v) is 2.90. The van der Waals surface area contributed by atoms with Crippen molar-refractivity contribution in [2.24, 2.45) is 0 Å². The van der Waals surface area contributed by atoms with Crippen molar-refractivity contribution >= 4 is 18.6 Å². The van der Waals surface area contributed by atoms with Gasteiger partial charge in [-0.05, 0) is 12.1 Å². The number of ether oxygens (including phenoxy) is 1. The molecule has 0 N–H and O–H groups in total. The van der Waals surface area contributed by atoms with E-state index in [1.807, 2.05) is 0 Å². The van der Waals surface area contributed by atoms with E-state index in [0.717, 1.165) is 12.1 Å². The predicted molar refractivity (Wildman–Crippen MR) is 49.7 cm³/mol. The number of carbonyl (C=O) groups is 1. The molecule has 1 aromatic carbocycles. The van der Waals surface area contributed by atoms with Crippen molar-refractivity contribution in [2.75, 3.05) is 7.11 Å². The minimum Gasteiger partial charge on any atom is -0.465 e. The van der Waals surface area contributed by atoms with Gasteiger partial charge in [-0.3, -0.25) is 0 Å². The largest absolute Gasteiger partial charge is 0.465 e. The lowest BCUT2D eigenvalue weighted by molar-refractivity contribution is 0.0596. The summed E-state index contributed by atoms with van der Waals surface area (Å²) in [5, 5.41) is 8.60. The molecule has 72 valence electrons. The molecule has 3 nitrogen and oxygen atoms in total. The van der Waals surface area contributed by atoms with Gasteiger partial charge in [0.1, 0.15) is 11.9 Å². The van der Waals surface area contributed by atoms with E-state index in [9.17, 15) is 9.18 Å². The third-order valence-corrected chi connectivity index (χ3v) is 2.08. The molecule has 14 heavy (non-hydrogen) atoms. The Morgan fingerprint density at radius 3 is 2.79 bits per heavy atom. The molecule has 0 saturated heterocycles. The minimum absolute atomic E-state index is 0.00809. The smallest absolute Gasteiger partial charge is 0.339 e. The molecule has 0 spiro atoms. The summed E-state index contributed by atoms with van der Waals surface area (Å²) in [5.41, 5.74) is -0.0406. The quantitative estimate of drug-likeness (QED) is 0.569. The standard InChI is InChI=1S/C9H6FNO2S/c1-13-9(12)7-3-6(10)2-5(4-11)8(7)14/h2-3,14H,1H3. The topological polar surface area (TPSA) is 50.1 Å². The molecule has 0 radical (unpaired) electrons. The summed E-state index contributed by atoms with van der Waals surface area (Å²) in [7, 11) is 1.17. The van der Waals surface area contributed by atoms with Crippen LogP contribution >= 0.6 is 12.6 Å². The Hall–Kier alpha value is -1.54. The Kier molecular flexibility index (Phi) is 3.10. The van der Waals surface area contributed by atoms with Gasteiger partial charge in [-0.25, -0.2) is 9.18 Å². The fourth-order valence-electron chi connectivity index (χ4n) is 0.950. The van der Waals surface area contributed by atoms with Crippen LogP contribution in [0.3, 0.4) is 0 Å². The van der Waals surface area contributed by atoms with Gasteiger partial charge < -0.3 is 4.74 Å². The third kappa shape index (κ3) is 1.86. The zero-order valence-corrected chi connectivity index (χ0v) is 8.14. The second kappa shape index (κ2) is 4.11. The number of esters is 1. The molecular weight excluding hydrogens is 205 g/mol. The van der Waals surface area contributed by atoms with E-state index in [-0.39, 0.29) is 16.0 Å². The molecule has 0 aliphatic carbocycles. The number of methoxy groups -OCH3 is 1. The molecule has 0 amide bonds. The Labute approximate surface area is 85.5 Å². The normalized spacial score (nSPS) is 9.29.